The fourth-order valence-electron chi connectivity index (χ4n) is 2.75. The van der Waals surface area contributed by atoms with Gasteiger partial charge < -0.3 is 15.2 Å². The molecule has 0 aliphatic rings. The van der Waals surface area contributed by atoms with Gasteiger partial charge in [0.2, 0.25) is 0 Å². The van der Waals surface area contributed by atoms with Crippen LogP contribution in [0.1, 0.15) is 5.56 Å². The quantitative estimate of drug-likeness (QED) is 0.652. The van der Waals surface area contributed by atoms with E-state index in [1.165, 1.54) is 0 Å². The molecule has 7 heteroatoms. The zero-order chi connectivity index (χ0) is 19.6. The fourth-order valence-corrected chi connectivity index (χ4v) is 3.25. The molecule has 3 rings (SSSR count). The second-order valence-corrected chi connectivity index (χ2v) is 6.46. The molecule has 0 bridgehead atoms. The van der Waals surface area contributed by atoms with Crippen molar-refractivity contribution in [2.24, 2.45) is 0 Å². The van der Waals surface area contributed by atoms with E-state index in [-0.39, 0.29) is 11.4 Å². The summed E-state index contributed by atoms with van der Waals surface area (Å²) < 4.78 is 10.6. The van der Waals surface area contributed by atoms with Gasteiger partial charge in [-0.25, -0.2) is 4.98 Å². The first-order valence-electron chi connectivity index (χ1n) is 7.87. The van der Waals surface area contributed by atoms with E-state index in [0.29, 0.717) is 38.4 Å². The number of halogens is 2. The lowest BCUT2D eigenvalue weighted by molar-refractivity contribution is 0.355. The molecule has 0 spiro atoms. The number of pyridine rings is 1. The topological polar surface area (TPSA) is 81.2 Å². The molecule has 0 saturated heterocycles. The van der Waals surface area contributed by atoms with Crippen molar-refractivity contribution in [3.8, 4) is 40.0 Å². The number of nitriles is 1. The van der Waals surface area contributed by atoms with Crippen LogP contribution in [0.2, 0.25) is 10.0 Å². The number of anilines is 1. The van der Waals surface area contributed by atoms with E-state index in [9.17, 15) is 5.26 Å². The average Bonchev–Trinajstić information content (AvgIpc) is 2.66. The van der Waals surface area contributed by atoms with Crippen LogP contribution in [-0.4, -0.2) is 19.2 Å². The highest BCUT2D eigenvalue weighted by Gasteiger charge is 2.16. The molecule has 0 saturated carbocycles. The molecule has 136 valence electrons. The summed E-state index contributed by atoms with van der Waals surface area (Å²) in [4.78, 5) is 4.34. The van der Waals surface area contributed by atoms with E-state index in [1.54, 1.807) is 50.6 Å². The second kappa shape index (κ2) is 7.75. The predicted molar refractivity (Wildman–Crippen MR) is 107 cm³/mol. The summed E-state index contributed by atoms with van der Waals surface area (Å²) in [5.41, 5.74) is 8.89. The predicted octanol–water partition coefficient (Wildman–Crippen LogP) is 5.19. The van der Waals surface area contributed by atoms with Crippen LogP contribution in [0, 0.1) is 11.3 Å². The molecule has 0 aliphatic heterocycles. The molecule has 2 aromatic carbocycles. The van der Waals surface area contributed by atoms with Crippen LogP contribution in [0.3, 0.4) is 0 Å². The summed E-state index contributed by atoms with van der Waals surface area (Å²) in [6.07, 6.45) is 0. The van der Waals surface area contributed by atoms with Crippen molar-refractivity contribution >= 4 is 29.0 Å². The first kappa shape index (κ1) is 18.8. The standard InChI is InChI=1S/C20H15Cl2N3O2/c1-26-18-6-3-11(7-19(18)27-2)14-9-17(25-20(24)15(14)10-23)13-5-4-12(21)8-16(13)22/h3-9H,1-2H3,(H2,24,25). The van der Waals surface area contributed by atoms with E-state index in [0.717, 1.165) is 5.56 Å². The Kier molecular flexibility index (Phi) is 5.41. The number of ether oxygens (including phenoxy) is 2. The molecule has 1 aromatic heterocycles. The lowest BCUT2D eigenvalue weighted by Gasteiger charge is -2.13. The molecule has 27 heavy (non-hydrogen) atoms. The third-order valence-electron chi connectivity index (χ3n) is 4.06. The smallest absolute Gasteiger partial charge is 0.161 e. The number of hydrogen-bond acceptors (Lipinski definition) is 5. The highest BCUT2D eigenvalue weighted by atomic mass is 35.5. The molecule has 0 amide bonds. The molecular weight excluding hydrogens is 385 g/mol. The van der Waals surface area contributed by atoms with Crippen molar-refractivity contribution in [1.29, 1.82) is 5.26 Å². The normalized spacial score (nSPS) is 10.3. The van der Waals surface area contributed by atoms with Crippen LogP contribution in [0.25, 0.3) is 22.4 Å². The highest BCUT2D eigenvalue weighted by molar-refractivity contribution is 6.36. The van der Waals surface area contributed by atoms with Gasteiger partial charge in [0, 0.05) is 16.1 Å². The SMILES string of the molecule is COc1ccc(-c2cc(-c3ccc(Cl)cc3Cl)nc(N)c2C#N)cc1OC. The van der Waals surface area contributed by atoms with Gasteiger partial charge in [0.1, 0.15) is 17.5 Å². The summed E-state index contributed by atoms with van der Waals surface area (Å²) >= 11 is 12.3. The molecule has 0 atom stereocenters. The van der Waals surface area contributed by atoms with Crippen molar-refractivity contribution in [1.82, 2.24) is 4.98 Å². The Hall–Kier alpha value is -2.94. The van der Waals surface area contributed by atoms with E-state index in [4.69, 9.17) is 38.4 Å². The van der Waals surface area contributed by atoms with E-state index < -0.39 is 0 Å². The number of nitrogens with zero attached hydrogens (tertiary/aromatic N) is 2. The minimum atomic E-state index is 0.116. The Balaban J connectivity index is 2.24. The minimum absolute atomic E-state index is 0.116. The van der Waals surface area contributed by atoms with Crippen LogP contribution in [0.15, 0.2) is 42.5 Å². The molecule has 0 fully saturated rings. The molecule has 5 nitrogen and oxygen atoms in total. The number of rotatable bonds is 4. The van der Waals surface area contributed by atoms with Gasteiger partial charge in [0.25, 0.3) is 0 Å². The second-order valence-electron chi connectivity index (χ2n) is 5.62. The molecule has 0 aliphatic carbocycles. The van der Waals surface area contributed by atoms with Gasteiger partial charge in [-0.1, -0.05) is 29.3 Å². The Morgan fingerprint density at radius 3 is 2.33 bits per heavy atom. The van der Waals surface area contributed by atoms with Crippen LogP contribution < -0.4 is 15.2 Å². The van der Waals surface area contributed by atoms with E-state index >= 15 is 0 Å². The fraction of sp³-hybridized carbons (Fsp3) is 0.100. The van der Waals surface area contributed by atoms with Gasteiger partial charge in [-0.3, -0.25) is 0 Å². The Morgan fingerprint density at radius 1 is 0.963 bits per heavy atom. The number of benzene rings is 2. The summed E-state index contributed by atoms with van der Waals surface area (Å²) in [7, 11) is 3.11. The van der Waals surface area contributed by atoms with E-state index in [2.05, 4.69) is 11.1 Å². The maximum Gasteiger partial charge on any atom is 0.161 e. The molecule has 0 unspecified atom stereocenters. The first-order chi connectivity index (χ1) is 13.0. The van der Waals surface area contributed by atoms with Gasteiger partial charge in [0.15, 0.2) is 11.5 Å². The van der Waals surface area contributed by atoms with Crippen molar-refractivity contribution in [3.05, 3.63) is 58.1 Å². The van der Waals surface area contributed by atoms with E-state index in [1.807, 2.05) is 6.07 Å². The molecule has 2 N–H and O–H groups in total. The lowest BCUT2D eigenvalue weighted by Crippen LogP contribution is -2.00. The van der Waals surface area contributed by atoms with Crippen LogP contribution in [0.5, 0.6) is 11.5 Å². The molecule has 0 radical (unpaired) electrons. The van der Waals surface area contributed by atoms with Crippen molar-refractivity contribution in [3.63, 3.8) is 0 Å². The molecular formula is C20H15Cl2N3O2. The summed E-state index contributed by atoms with van der Waals surface area (Å²) in [5.74, 6) is 1.24. The number of aromatic nitrogens is 1. The van der Waals surface area contributed by atoms with Crippen LogP contribution >= 0.6 is 23.2 Å². The van der Waals surface area contributed by atoms with Crippen molar-refractivity contribution in [2.45, 2.75) is 0 Å². The Morgan fingerprint density at radius 2 is 1.70 bits per heavy atom. The lowest BCUT2D eigenvalue weighted by atomic mass is 9.98. The number of nitrogen functional groups attached to an aromatic ring is 1. The minimum Gasteiger partial charge on any atom is -0.493 e. The highest BCUT2D eigenvalue weighted by Crippen LogP contribution is 2.38. The number of methoxy groups -OCH3 is 2. The van der Waals surface area contributed by atoms with Gasteiger partial charge in [-0.2, -0.15) is 5.26 Å². The maximum atomic E-state index is 9.57. The van der Waals surface area contributed by atoms with Crippen LogP contribution in [-0.2, 0) is 0 Å². The van der Waals surface area contributed by atoms with Gasteiger partial charge in [-0.05, 0) is 42.0 Å². The largest absolute Gasteiger partial charge is 0.493 e. The van der Waals surface area contributed by atoms with Crippen molar-refractivity contribution in [2.75, 3.05) is 20.0 Å². The first-order valence-corrected chi connectivity index (χ1v) is 8.62. The number of hydrogen-bond donors (Lipinski definition) is 1. The van der Waals surface area contributed by atoms with Gasteiger partial charge in [-0.15, -0.1) is 0 Å². The van der Waals surface area contributed by atoms with Gasteiger partial charge >= 0.3 is 0 Å². The van der Waals surface area contributed by atoms with Gasteiger partial charge in [0.05, 0.1) is 24.9 Å². The Bertz CT molecular complexity index is 1060. The third-order valence-corrected chi connectivity index (χ3v) is 4.61. The third kappa shape index (κ3) is 3.63. The van der Waals surface area contributed by atoms with Crippen LogP contribution in [0.4, 0.5) is 5.82 Å². The summed E-state index contributed by atoms with van der Waals surface area (Å²) in [6.45, 7) is 0. The average molecular weight is 400 g/mol. The monoisotopic (exact) mass is 399 g/mol. The van der Waals surface area contributed by atoms with Crippen molar-refractivity contribution < 1.29 is 9.47 Å². The Labute approximate surface area is 166 Å². The number of nitrogens with two attached hydrogens (primary N) is 1. The summed E-state index contributed by atoms with van der Waals surface area (Å²) in [6, 6.07) is 14.4. The molecule has 1 heterocycles. The maximum absolute atomic E-state index is 9.57. The molecule has 3 aromatic rings. The zero-order valence-corrected chi connectivity index (χ0v) is 16.1. The zero-order valence-electron chi connectivity index (χ0n) is 14.6. The summed E-state index contributed by atoms with van der Waals surface area (Å²) in [5, 5.41) is 10.5.